The van der Waals surface area contributed by atoms with Gasteiger partial charge < -0.3 is 4.74 Å². The van der Waals surface area contributed by atoms with Gasteiger partial charge in [-0.15, -0.1) is 0 Å². The number of ether oxygens (including phenoxy) is 1. The van der Waals surface area contributed by atoms with Crippen LogP contribution in [0.15, 0.2) is 97.1 Å². The van der Waals surface area contributed by atoms with Gasteiger partial charge in [0.25, 0.3) is 0 Å². The minimum absolute atomic E-state index is 0.150. The molecule has 0 N–H and O–H groups in total. The number of ketones is 4. The van der Waals surface area contributed by atoms with E-state index in [9.17, 15) is 23.6 Å². The van der Waals surface area contributed by atoms with Crippen LogP contribution in [-0.2, 0) is 4.74 Å². The summed E-state index contributed by atoms with van der Waals surface area (Å²) in [7, 11) is 0. The molecule has 4 aromatic carbocycles. The molecule has 1 aliphatic heterocycles. The number of Topliss-reactive ketones (excluding diaryl/α,β-unsaturated/α-hetero) is 4. The molecule has 1 saturated heterocycles. The van der Waals surface area contributed by atoms with Gasteiger partial charge in [-0.3, -0.25) is 19.2 Å². The SMILES string of the molecule is O=C1c2ccccc2C(=O)C12O[C@@H](c1ccc(Cl)cc1)C1(C(=O)c3ccccc3C1=O)[C@H]2c1ccc(F)cc1. The van der Waals surface area contributed by atoms with Crippen molar-refractivity contribution in [2.45, 2.75) is 17.6 Å². The number of benzene rings is 4. The van der Waals surface area contributed by atoms with E-state index < -0.39 is 52.0 Å². The number of carbonyl (C=O) groups is 4. The molecule has 0 amide bonds. The fourth-order valence-electron chi connectivity index (χ4n) is 6.62. The Balaban J connectivity index is 1.59. The molecule has 0 radical (unpaired) electrons. The lowest BCUT2D eigenvalue weighted by atomic mass is 9.60. The second-order valence-corrected chi connectivity index (χ2v) is 10.5. The maximum absolute atomic E-state index is 14.5. The predicted molar refractivity (Wildman–Crippen MR) is 140 cm³/mol. The zero-order valence-electron chi connectivity index (χ0n) is 20.2. The van der Waals surface area contributed by atoms with Crippen molar-refractivity contribution in [1.29, 1.82) is 0 Å². The highest BCUT2D eigenvalue weighted by Gasteiger charge is 2.79. The van der Waals surface area contributed by atoms with Gasteiger partial charge >= 0.3 is 0 Å². The quantitative estimate of drug-likeness (QED) is 0.284. The normalized spacial score (nSPS) is 22.1. The Morgan fingerprint density at radius 3 is 1.51 bits per heavy atom. The first kappa shape index (κ1) is 23.8. The van der Waals surface area contributed by atoms with Crippen LogP contribution in [0.1, 0.15) is 64.6 Å². The summed E-state index contributed by atoms with van der Waals surface area (Å²) in [5.41, 5.74) is -2.88. The van der Waals surface area contributed by atoms with E-state index in [-0.39, 0.29) is 27.8 Å². The van der Waals surface area contributed by atoms with Crippen molar-refractivity contribution in [3.63, 3.8) is 0 Å². The van der Waals surface area contributed by atoms with E-state index in [1.54, 1.807) is 60.7 Å². The summed E-state index contributed by atoms with van der Waals surface area (Å²) in [4.78, 5) is 57.6. The lowest BCUT2D eigenvalue weighted by molar-refractivity contribution is -0.0210. The van der Waals surface area contributed by atoms with E-state index in [1.165, 1.54) is 36.4 Å². The van der Waals surface area contributed by atoms with E-state index in [4.69, 9.17) is 16.3 Å². The summed E-state index contributed by atoms with van der Waals surface area (Å²) in [5, 5.41) is 0.420. The van der Waals surface area contributed by atoms with Crippen LogP contribution >= 0.6 is 11.6 Å². The number of halogens is 2. The molecule has 190 valence electrons. The van der Waals surface area contributed by atoms with Gasteiger partial charge in [0.05, 0.1) is 5.92 Å². The molecule has 0 saturated carbocycles. The molecule has 2 atom stereocenters. The van der Waals surface area contributed by atoms with Gasteiger partial charge in [0.15, 0.2) is 11.6 Å². The van der Waals surface area contributed by atoms with Crippen molar-refractivity contribution >= 4 is 34.7 Å². The standard InChI is InChI=1S/C32H18ClFO5/c33-19-13-9-18(10-14-19)30-31(26(35)21-5-1-2-6-22(21)27(31)36)25(17-11-15-20(34)16-12-17)32(39-30)28(37)23-7-3-4-8-24(23)29(32)38/h1-16,25,30H/t25-,30+/m1/s1. The largest absolute Gasteiger partial charge is 0.348 e. The maximum Gasteiger partial charge on any atom is 0.204 e. The molecule has 2 aliphatic carbocycles. The average molecular weight is 537 g/mol. The van der Waals surface area contributed by atoms with Crippen molar-refractivity contribution < 1.29 is 28.3 Å². The highest BCUT2D eigenvalue weighted by Crippen LogP contribution is 2.67. The van der Waals surface area contributed by atoms with Gasteiger partial charge in [0, 0.05) is 27.3 Å². The average Bonchev–Trinajstić information content (AvgIpc) is 3.48. The van der Waals surface area contributed by atoms with Crippen molar-refractivity contribution in [1.82, 2.24) is 0 Å². The predicted octanol–water partition coefficient (Wildman–Crippen LogP) is 6.22. The monoisotopic (exact) mass is 536 g/mol. The van der Waals surface area contributed by atoms with Gasteiger partial charge in [0.1, 0.15) is 17.3 Å². The minimum Gasteiger partial charge on any atom is -0.348 e. The fraction of sp³-hybridized carbons (Fsp3) is 0.125. The van der Waals surface area contributed by atoms with E-state index in [0.29, 0.717) is 10.6 Å². The Hall–Kier alpha value is -4.26. The van der Waals surface area contributed by atoms with Crippen molar-refractivity contribution in [3.8, 4) is 0 Å². The van der Waals surface area contributed by atoms with E-state index in [1.807, 2.05) is 0 Å². The summed E-state index contributed by atoms with van der Waals surface area (Å²) in [5.74, 6) is -4.29. The fourth-order valence-corrected chi connectivity index (χ4v) is 6.75. The molecule has 0 bridgehead atoms. The molecule has 2 spiro atoms. The van der Waals surface area contributed by atoms with Crippen LogP contribution in [0.3, 0.4) is 0 Å². The summed E-state index contributed by atoms with van der Waals surface area (Å²) >= 11 is 6.15. The van der Waals surface area contributed by atoms with E-state index >= 15 is 0 Å². The van der Waals surface area contributed by atoms with Crippen LogP contribution in [-0.4, -0.2) is 28.7 Å². The van der Waals surface area contributed by atoms with Gasteiger partial charge in [0.2, 0.25) is 17.2 Å². The second kappa shape index (κ2) is 8.12. The first-order valence-corrected chi connectivity index (χ1v) is 12.8. The zero-order chi connectivity index (χ0) is 27.1. The smallest absolute Gasteiger partial charge is 0.204 e. The van der Waals surface area contributed by atoms with Crippen LogP contribution in [0.2, 0.25) is 5.02 Å². The molecule has 1 heterocycles. The second-order valence-electron chi connectivity index (χ2n) is 10.0. The number of hydrogen-bond acceptors (Lipinski definition) is 5. The molecule has 3 aliphatic rings. The van der Waals surface area contributed by atoms with Crippen LogP contribution < -0.4 is 0 Å². The topological polar surface area (TPSA) is 77.5 Å². The Morgan fingerprint density at radius 2 is 1.03 bits per heavy atom. The van der Waals surface area contributed by atoms with Crippen LogP contribution in [0.5, 0.6) is 0 Å². The van der Waals surface area contributed by atoms with Crippen molar-refractivity contribution in [2.75, 3.05) is 0 Å². The number of fused-ring (bicyclic) bond motifs is 2. The number of rotatable bonds is 2. The van der Waals surface area contributed by atoms with Crippen LogP contribution in [0, 0.1) is 11.2 Å². The molecule has 0 aromatic heterocycles. The van der Waals surface area contributed by atoms with E-state index in [2.05, 4.69) is 0 Å². The molecule has 39 heavy (non-hydrogen) atoms. The third kappa shape index (κ3) is 2.87. The van der Waals surface area contributed by atoms with E-state index in [0.717, 1.165) is 0 Å². The third-order valence-corrected chi connectivity index (χ3v) is 8.47. The maximum atomic E-state index is 14.5. The van der Waals surface area contributed by atoms with Gasteiger partial charge in [-0.2, -0.15) is 0 Å². The summed E-state index contributed by atoms with van der Waals surface area (Å²) < 4.78 is 20.7. The molecule has 7 heteroatoms. The zero-order valence-corrected chi connectivity index (χ0v) is 20.9. The Labute approximate surface area is 227 Å². The summed E-state index contributed by atoms with van der Waals surface area (Å²) in [6.07, 6.45) is -1.31. The van der Waals surface area contributed by atoms with Gasteiger partial charge in [-0.05, 0) is 35.4 Å². The Bertz CT molecular complexity index is 1670. The molecule has 5 nitrogen and oxygen atoms in total. The highest BCUT2D eigenvalue weighted by atomic mass is 35.5. The first-order chi connectivity index (χ1) is 18.8. The van der Waals surface area contributed by atoms with Gasteiger partial charge in [-0.1, -0.05) is 84.4 Å². The Morgan fingerprint density at radius 1 is 0.590 bits per heavy atom. The lowest BCUT2D eigenvalue weighted by Gasteiger charge is -2.34. The highest BCUT2D eigenvalue weighted by molar-refractivity contribution is 6.37. The van der Waals surface area contributed by atoms with Crippen molar-refractivity contribution in [3.05, 3.63) is 141 Å². The summed E-state index contributed by atoms with van der Waals surface area (Å²) in [6, 6.07) is 24.4. The molecular formula is C32H18ClFO5. The Kier molecular flexibility index (Phi) is 4.96. The molecule has 7 rings (SSSR count). The third-order valence-electron chi connectivity index (χ3n) is 8.21. The molecule has 0 unspecified atom stereocenters. The first-order valence-electron chi connectivity index (χ1n) is 12.4. The molecular weight excluding hydrogens is 519 g/mol. The van der Waals surface area contributed by atoms with Crippen LogP contribution in [0.25, 0.3) is 0 Å². The summed E-state index contributed by atoms with van der Waals surface area (Å²) in [6.45, 7) is 0. The number of hydrogen-bond donors (Lipinski definition) is 0. The number of carbonyl (C=O) groups excluding carboxylic acids is 4. The lowest BCUT2D eigenvalue weighted by Crippen LogP contribution is -2.51. The molecule has 4 aromatic rings. The van der Waals surface area contributed by atoms with Gasteiger partial charge in [-0.25, -0.2) is 4.39 Å². The molecule has 1 fully saturated rings. The van der Waals surface area contributed by atoms with Crippen LogP contribution in [0.4, 0.5) is 4.39 Å². The van der Waals surface area contributed by atoms with Crippen molar-refractivity contribution in [2.24, 2.45) is 5.41 Å². The minimum atomic E-state index is -2.22.